The number of methoxy groups -OCH3 is 1. The number of rotatable bonds is 6. The summed E-state index contributed by atoms with van der Waals surface area (Å²) in [7, 11) is 1.61. The van der Waals surface area contributed by atoms with Crippen molar-refractivity contribution in [2.75, 3.05) is 7.11 Å². The first-order chi connectivity index (χ1) is 18.5. The Morgan fingerprint density at radius 3 is 2.59 bits per heavy atom. The summed E-state index contributed by atoms with van der Waals surface area (Å²) < 4.78 is 11.8. The summed E-state index contributed by atoms with van der Waals surface area (Å²) in [6.45, 7) is 7.63. The number of carbonyl (C=O) groups is 2. The normalized spacial score (nSPS) is 26.8. The van der Waals surface area contributed by atoms with Gasteiger partial charge in [0.1, 0.15) is 17.5 Å². The first-order valence-electron chi connectivity index (χ1n) is 13.7. The molecule has 2 heterocycles. The average Bonchev–Trinajstić information content (AvgIpc) is 3.28. The predicted octanol–water partition coefficient (Wildman–Crippen LogP) is 3.62. The molecule has 9 heteroatoms. The molecule has 1 aliphatic carbocycles. The minimum atomic E-state index is -0.966. The van der Waals surface area contributed by atoms with Crippen LogP contribution in [0.2, 0.25) is 0 Å². The maximum Gasteiger partial charge on any atom is 0.251 e. The number of benzene rings is 2. The van der Waals surface area contributed by atoms with Gasteiger partial charge in [0.25, 0.3) is 5.91 Å². The third-order valence-corrected chi connectivity index (χ3v) is 8.76. The van der Waals surface area contributed by atoms with E-state index in [1.165, 1.54) is 4.90 Å². The van der Waals surface area contributed by atoms with Crippen LogP contribution in [0.4, 0.5) is 0 Å². The molecule has 2 unspecified atom stereocenters. The fourth-order valence-electron chi connectivity index (χ4n) is 6.20. The zero-order valence-corrected chi connectivity index (χ0v) is 23.2. The Labute approximate surface area is 229 Å². The molecule has 1 fully saturated rings. The number of carbonyl (C=O) groups excluding carboxylic acids is 2. The molecule has 0 saturated carbocycles. The number of para-hydroxylation sites is 1. The summed E-state index contributed by atoms with van der Waals surface area (Å²) in [5.74, 6) is 0.221. The zero-order valence-electron chi connectivity index (χ0n) is 23.2. The van der Waals surface area contributed by atoms with Crippen molar-refractivity contribution in [3.05, 3.63) is 64.7 Å². The third kappa shape index (κ3) is 4.57. The molecule has 0 bridgehead atoms. The lowest BCUT2D eigenvalue weighted by atomic mass is 9.86. The quantitative estimate of drug-likeness (QED) is 0.449. The molecule has 0 aromatic heterocycles. The molecule has 3 aliphatic rings. The predicted molar refractivity (Wildman–Crippen MR) is 147 cm³/mol. The van der Waals surface area contributed by atoms with Crippen molar-refractivity contribution in [2.45, 2.75) is 88.8 Å². The fourth-order valence-corrected chi connectivity index (χ4v) is 6.20. The van der Waals surface area contributed by atoms with Crippen molar-refractivity contribution >= 4 is 17.8 Å². The summed E-state index contributed by atoms with van der Waals surface area (Å²) in [4.78, 5) is 28.5. The van der Waals surface area contributed by atoms with Crippen LogP contribution < -0.4 is 15.4 Å². The highest BCUT2D eigenvalue weighted by Gasteiger charge is 2.47. The number of fused-ring (bicyclic) bond motifs is 2. The molecule has 2 aliphatic heterocycles. The van der Waals surface area contributed by atoms with Crippen molar-refractivity contribution < 1.29 is 24.2 Å². The molecule has 4 N–H and O–H groups in total. The van der Waals surface area contributed by atoms with Crippen LogP contribution >= 0.6 is 0 Å². The van der Waals surface area contributed by atoms with Crippen molar-refractivity contribution in [1.82, 2.24) is 15.5 Å². The summed E-state index contributed by atoms with van der Waals surface area (Å²) in [6, 6.07) is 11.6. The maximum absolute atomic E-state index is 13.6. The van der Waals surface area contributed by atoms with Crippen LogP contribution in [0.15, 0.2) is 42.5 Å². The summed E-state index contributed by atoms with van der Waals surface area (Å²) in [6.07, 6.45) is 1.03. The van der Waals surface area contributed by atoms with Gasteiger partial charge in [-0.2, -0.15) is 0 Å². The molecule has 9 nitrogen and oxygen atoms in total. The molecule has 0 spiro atoms. The van der Waals surface area contributed by atoms with Gasteiger partial charge in [-0.3, -0.25) is 19.9 Å². The summed E-state index contributed by atoms with van der Waals surface area (Å²) in [5, 5.41) is 26.2. The van der Waals surface area contributed by atoms with Crippen LogP contribution in [0, 0.1) is 5.41 Å². The number of nitrogens with zero attached hydrogens (tertiary/aromatic N) is 1. The van der Waals surface area contributed by atoms with E-state index in [1.54, 1.807) is 33.1 Å². The Balaban J connectivity index is 1.45. The Morgan fingerprint density at radius 1 is 1.21 bits per heavy atom. The van der Waals surface area contributed by atoms with Crippen molar-refractivity contribution in [3.63, 3.8) is 0 Å². The molecule has 4 atom stereocenters. The molecule has 1 saturated heterocycles. The molecule has 0 radical (unpaired) electrons. The SMILES string of the molecule is CCC1(CC)CC(=O)N(C2c3cc(C(=O)N[C@@H]4c5ccccc5OC(C)(C)[C@H]4O)ccc3CC2OC)C(=N)N1. The molecule has 5 rings (SSSR count). The molecular weight excluding hydrogens is 496 g/mol. The van der Waals surface area contributed by atoms with Crippen LogP contribution in [-0.2, 0) is 16.0 Å². The second kappa shape index (κ2) is 9.95. The van der Waals surface area contributed by atoms with Gasteiger partial charge in [0.2, 0.25) is 5.91 Å². The lowest BCUT2D eigenvalue weighted by molar-refractivity contribution is -0.135. The number of nitrogens with one attached hydrogen (secondary N) is 3. The number of aliphatic hydroxyl groups excluding tert-OH is 1. The number of amides is 2. The van der Waals surface area contributed by atoms with Gasteiger partial charge in [-0.1, -0.05) is 38.1 Å². The zero-order chi connectivity index (χ0) is 28.1. The van der Waals surface area contributed by atoms with E-state index in [-0.39, 0.29) is 23.9 Å². The summed E-state index contributed by atoms with van der Waals surface area (Å²) in [5.41, 5.74) is 1.57. The Morgan fingerprint density at radius 2 is 1.92 bits per heavy atom. The third-order valence-electron chi connectivity index (χ3n) is 8.76. The van der Waals surface area contributed by atoms with Crippen LogP contribution in [0.25, 0.3) is 0 Å². The standard InChI is InChI=1S/C30H38N4O5/c1-6-30(7-2)16-23(35)34(28(31)33-30)25-20-14-18(13-12-17(20)15-22(25)38-5)27(37)32-24-19-10-8-9-11-21(19)39-29(3,4)26(24)36/h8-14,22,24-26,36H,6-7,15-16H2,1-5H3,(H2,31,33)(H,32,37)/t22?,24-,25?,26+/m1/s1. The lowest BCUT2D eigenvalue weighted by Gasteiger charge is -2.45. The highest BCUT2D eigenvalue weighted by molar-refractivity contribution is 6.00. The molecule has 2 aromatic carbocycles. The van der Waals surface area contributed by atoms with Gasteiger partial charge in [0, 0.05) is 30.2 Å². The van der Waals surface area contributed by atoms with E-state index in [4.69, 9.17) is 14.9 Å². The largest absolute Gasteiger partial charge is 0.485 e. The van der Waals surface area contributed by atoms with Gasteiger partial charge in [-0.25, -0.2) is 0 Å². The summed E-state index contributed by atoms with van der Waals surface area (Å²) >= 11 is 0. The number of aliphatic hydroxyl groups is 1. The minimum Gasteiger partial charge on any atom is -0.485 e. The van der Waals surface area contributed by atoms with Crippen molar-refractivity contribution in [1.29, 1.82) is 5.41 Å². The molecule has 39 heavy (non-hydrogen) atoms. The highest BCUT2D eigenvalue weighted by Crippen LogP contribution is 2.42. The van der Waals surface area contributed by atoms with Gasteiger partial charge < -0.3 is 25.2 Å². The number of hydrogen-bond donors (Lipinski definition) is 4. The Hall–Kier alpha value is -3.43. The van der Waals surface area contributed by atoms with E-state index >= 15 is 0 Å². The second-order valence-electron chi connectivity index (χ2n) is 11.4. The van der Waals surface area contributed by atoms with E-state index in [0.717, 1.165) is 24.0 Å². The minimum absolute atomic E-state index is 0.0638. The molecule has 2 amide bonds. The molecule has 208 valence electrons. The van der Waals surface area contributed by atoms with Gasteiger partial charge in [-0.15, -0.1) is 0 Å². The van der Waals surface area contributed by atoms with E-state index in [0.29, 0.717) is 29.7 Å². The van der Waals surface area contributed by atoms with E-state index in [9.17, 15) is 14.7 Å². The van der Waals surface area contributed by atoms with E-state index in [1.807, 2.05) is 44.2 Å². The van der Waals surface area contributed by atoms with E-state index in [2.05, 4.69) is 10.6 Å². The van der Waals surface area contributed by atoms with Crippen LogP contribution in [0.3, 0.4) is 0 Å². The number of ether oxygens (including phenoxy) is 2. The van der Waals surface area contributed by atoms with Crippen LogP contribution in [0.1, 0.15) is 86.1 Å². The topological polar surface area (TPSA) is 124 Å². The van der Waals surface area contributed by atoms with Crippen molar-refractivity contribution in [3.8, 4) is 5.75 Å². The van der Waals surface area contributed by atoms with Crippen LogP contribution in [0.5, 0.6) is 5.75 Å². The lowest BCUT2D eigenvalue weighted by Crippen LogP contribution is -2.63. The maximum atomic E-state index is 13.6. The molecule has 2 aromatic rings. The fraction of sp³-hybridized carbons (Fsp3) is 0.500. The van der Waals surface area contributed by atoms with Gasteiger partial charge >= 0.3 is 0 Å². The second-order valence-corrected chi connectivity index (χ2v) is 11.4. The van der Waals surface area contributed by atoms with Gasteiger partial charge in [0.15, 0.2) is 5.96 Å². The number of hydrogen-bond acceptors (Lipinski definition) is 6. The first kappa shape index (κ1) is 27.1. The van der Waals surface area contributed by atoms with Crippen LogP contribution in [-0.4, -0.2) is 58.2 Å². The monoisotopic (exact) mass is 534 g/mol. The Bertz CT molecular complexity index is 1280. The van der Waals surface area contributed by atoms with Gasteiger partial charge in [0.05, 0.1) is 24.6 Å². The van der Waals surface area contributed by atoms with Crippen molar-refractivity contribution in [2.24, 2.45) is 0 Å². The first-order valence-corrected chi connectivity index (χ1v) is 13.7. The average molecular weight is 535 g/mol. The molecular formula is C30H38N4O5. The smallest absolute Gasteiger partial charge is 0.251 e. The van der Waals surface area contributed by atoms with E-state index < -0.39 is 29.3 Å². The van der Waals surface area contributed by atoms with Gasteiger partial charge in [-0.05, 0) is 56.0 Å². The highest BCUT2D eigenvalue weighted by atomic mass is 16.5. The number of guanidine groups is 1. The Kier molecular flexibility index (Phi) is 6.93.